The van der Waals surface area contributed by atoms with Gasteiger partial charge in [-0.25, -0.2) is 14.8 Å². The van der Waals surface area contributed by atoms with Crippen LogP contribution in [0.15, 0.2) is 10.7 Å². The van der Waals surface area contributed by atoms with E-state index in [-0.39, 0.29) is 29.0 Å². The molecule has 0 radical (unpaired) electrons. The van der Waals surface area contributed by atoms with Crippen molar-refractivity contribution >= 4 is 21.9 Å². The topological polar surface area (TPSA) is 72.3 Å². The summed E-state index contributed by atoms with van der Waals surface area (Å²) in [7, 11) is 0. The molecule has 0 spiro atoms. The molecule has 1 aromatic heterocycles. The molecular formula is C9H8BrF3N2O3. The summed E-state index contributed by atoms with van der Waals surface area (Å²) in [6.45, 7) is -1.59. The summed E-state index contributed by atoms with van der Waals surface area (Å²) in [5, 5.41) is 8.77. The third-order valence-electron chi connectivity index (χ3n) is 1.73. The quantitative estimate of drug-likeness (QED) is 0.837. The minimum absolute atomic E-state index is 0.00361. The molecule has 0 unspecified atom stereocenters. The molecule has 1 aromatic rings. The summed E-state index contributed by atoms with van der Waals surface area (Å²) in [6, 6.07) is 0. The molecule has 0 amide bonds. The van der Waals surface area contributed by atoms with E-state index in [2.05, 4.69) is 30.6 Å². The Bertz CT molecular complexity index is 440. The lowest BCUT2D eigenvalue weighted by Crippen LogP contribution is -2.18. The van der Waals surface area contributed by atoms with Gasteiger partial charge in [-0.2, -0.15) is 13.2 Å². The fourth-order valence-electron chi connectivity index (χ4n) is 1.03. The average Bonchev–Trinajstić information content (AvgIpc) is 2.24. The summed E-state index contributed by atoms with van der Waals surface area (Å²) >= 11 is 2.95. The van der Waals surface area contributed by atoms with Crippen molar-refractivity contribution in [2.45, 2.75) is 12.6 Å². The number of aromatic carboxylic acids is 1. The number of nitrogens with zero attached hydrogens (tertiary/aromatic N) is 2. The van der Waals surface area contributed by atoms with Crippen LogP contribution in [-0.2, 0) is 11.2 Å². The molecule has 100 valence electrons. The van der Waals surface area contributed by atoms with Crippen molar-refractivity contribution in [1.29, 1.82) is 0 Å². The lowest BCUT2D eigenvalue weighted by atomic mass is 10.3. The van der Waals surface area contributed by atoms with Crippen molar-refractivity contribution in [2.75, 3.05) is 13.2 Å². The number of carbonyl (C=O) groups is 1. The Balaban J connectivity index is 2.53. The Morgan fingerprint density at radius 3 is 2.72 bits per heavy atom. The third kappa shape index (κ3) is 4.96. The molecule has 18 heavy (non-hydrogen) atoms. The number of halogens is 4. The van der Waals surface area contributed by atoms with Crippen molar-refractivity contribution in [3.05, 3.63) is 22.2 Å². The van der Waals surface area contributed by atoms with Gasteiger partial charge in [-0.3, -0.25) is 0 Å². The van der Waals surface area contributed by atoms with Crippen molar-refractivity contribution in [2.24, 2.45) is 0 Å². The van der Waals surface area contributed by atoms with Gasteiger partial charge in [-0.15, -0.1) is 0 Å². The summed E-state index contributed by atoms with van der Waals surface area (Å²) in [6.07, 6.45) is -3.15. The summed E-state index contributed by atoms with van der Waals surface area (Å²) in [5.41, 5.74) is -0.240. The highest BCUT2D eigenvalue weighted by molar-refractivity contribution is 9.10. The maximum atomic E-state index is 11.8. The van der Waals surface area contributed by atoms with E-state index in [9.17, 15) is 18.0 Å². The van der Waals surface area contributed by atoms with Gasteiger partial charge in [-0.05, 0) is 15.9 Å². The Labute approximate surface area is 108 Å². The molecule has 0 aliphatic heterocycles. The molecule has 0 saturated carbocycles. The first kappa shape index (κ1) is 14.8. The predicted molar refractivity (Wildman–Crippen MR) is 57.3 cm³/mol. The van der Waals surface area contributed by atoms with E-state index in [1.165, 1.54) is 6.20 Å². The minimum Gasteiger partial charge on any atom is -0.476 e. The summed E-state index contributed by atoms with van der Waals surface area (Å²) < 4.78 is 39.9. The molecule has 1 N–H and O–H groups in total. The molecule has 1 heterocycles. The van der Waals surface area contributed by atoms with Gasteiger partial charge in [0.25, 0.3) is 0 Å². The van der Waals surface area contributed by atoms with Crippen LogP contribution in [0, 0.1) is 0 Å². The van der Waals surface area contributed by atoms with Crippen molar-refractivity contribution < 1.29 is 27.8 Å². The molecule has 0 fully saturated rings. The lowest BCUT2D eigenvalue weighted by molar-refractivity contribution is -0.173. The van der Waals surface area contributed by atoms with E-state index >= 15 is 0 Å². The zero-order chi connectivity index (χ0) is 13.8. The summed E-state index contributed by atoms with van der Waals surface area (Å²) in [5.74, 6) is -1.14. The monoisotopic (exact) mass is 328 g/mol. The largest absolute Gasteiger partial charge is 0.476 e. The Hall–Kier alpha value is -1.22. The third-order valence-corrected chi connectivity index (χ3v) is 2.31. The molecule has 0 aromatic carbocycles. The van der Waals surface area contributed by atoms with Gasteiger partial charge in [0, 0.05) is 12.6 Å². The number of rotatable bonds is 5. The molecule has 1 rings (SSSR count). The summed E-state index contributed by atoms with van der Waals surface area (Å²) in [4.78, 5) is 18.2. The molecule has 5 nitrogen and oxygen atoms in total. The zero-order valence-corrected chi connectivity index (χ0v) is 10.5. The Kier molecular flexibility index (Phi) is 5.03. The van der Waals surface area contributed by atoms with Crippen LogP contribution >= 0.6 is 15.9 Å². The average molecular weight is 329 g/mol. The van der Waals surface area contributed by atoms with Crippen LogP contribution in [0.25, 0.3) is 0 Å². The molecule has 0 bridgehead atoms. The second-order valence-corrected chi connectivity index (χ2v) is 4.06. The predicted octanol–water partition coefficient (Wildman–Crippen LogP) is 2.06. The maximum Gasteiger partial charge on any atom is 0.411 e. The molecule has 0 saturated heterocycles. The van der Waals surface area contributed by atoms with Crippen LogP contribution in [0.5, 0.6) is 0 Å². The van der Waals surface area contributed by atoms with E-state index in [1.807, 2.05) is 0 Å². The van der Waals surface area contributed by atoms with Crippen LogP contribution in [0.4, 0.5) is 13.2 Å². The van der Waals surface area contributed by atoms with Crippen LogP contribution in [0.3, 0.4) is 0 Å². The molecular weight excluding hydrogens is 321 g/mol. The first-order valence-corrected chi connectivity index (χ1v) is 5.48. The van der Waals surface area contributed by atoms with E-state index in [0.29, 0.717) is 0 Å². The van der Waals surface area contributed by atoms with Crippen molar-refractivity contribution in [3.63, 3.8) is 0 Å². The first-order chi connectivity index (χ1) is 8.29. The highest BCUT2D eigenvalue weighted by Gasteiger charge is 2.27. The van der Waals surface area contributed by atoms with Gasteiger partial charge < -0.3 is 9.84 Å². The second kappa shape index (κ2) is 6.10. The highest BCUT2D eigenvalue weighted by Crippen LogP contribution is 2.15. The molecule has 0 aliphatic carbocycles. The van der Waals surface area contributed by atoms with Crippen LogP contribution < -0.4 is 0 Å². The fourth-order valence-corrected chi connectivity index (χ4v) is 1.39. The second-order valence-electron chi connectivity index (χ2n) is 3.21. The maximum absolute atomic E-state index is 11.8. The number of hydrogen-bond donors (Lipinski definition) is 1. The van der Waals surface area contributed by atoms with Crippen molar-refractivity contribution in [1.82, 2.24) is 9.97 Å². The van der Waals surface area contributed by atoms with E-state index in [4.69, 9.17) is 5.11 Å². The van der Waals surface area contributed by atoms with Gasteiger partial charge in [0.05, 0.1) is 11.1 Å². The number of carboxylic acids is 1. The number of hydrogen-bond acceptors (Lipinski definition) is 4. The van der Waals surface area contributed by atoms with E-state index in [0.717, 1.165) is 0 Å². The number of aromatic nitrogens is 2. The normalized spacial score (nSPS) is 11.6. The first-order valence-electron chi connectivity index (χ1n) is 4.69. The Morgan fingerprint density at radius 2 is 2.17 bits per heavy atom. The van der Waals surface area contributed by atoms with Gasteiger partial charge in [0.2, 0.25) is 0 Å². The van der Waals surface area contributed by atoms with Crippen molar-refractivity contribution in [3.8, 4) is 0 Å². The molecule has 0 aliphatic rings. The number of ether oxygens (including phenoxy) is 1. The Morgan fingerprint density at radius 1 is 1.50 bits per heavy atom. The minimum atomic E-state index is -4.38. The number of carboxylic acid groups (broad SMARTS) is 1. The van der Waals surface area contributed by atoms with E-state index < -0.39 is 18.8 Å². The molecule has 9 heteroatoms. The van der Waals surface area contributed by atoms with Crippen LogP contribution in [-0.4, -0.2) is 40.4 Å². The lowest BCUT2D eigenvalue weighted by Gasteiger charge is -2.07. The highest BCUT2D eigenvalue weighted by atomic mass is 79.9. The zero-order valence-electron chi connectivity index (χ0n) is 8.87. The van der Waals surface area contributed by atoms with Gasteiger partial charge >= 0.3 is 12.1 Å². The van der Waals surface area contributed by atoms with Gasteiger partial charge in [-0.1, -0.05) is 0 Å². The van der Waals surface area contributed by atoms with Crippen LogP contribution in [0.2, 0.25) is 0 Å². The van der Waals surface area contributed by atoms with Gasteiger partial charge in [0.15, 0.2) is 5.69 Å². The molecule has 0 atom stereocenters. The fraction of sp³-hybridized carbons (Fsp3) is 0.444. The number of alkyl halides is 3. The SMILES string of the molecule is O=C(O)c1nc(CCOCC(F)(F)F)ncc1Br. The standard InChI is InChI=1S/C9H8BrF3N2O3/c10-5-3-14-6(15-7(5)8(16)17)1-2-18-4-9(11,12)13/h3H,1-2,4H2,(H,16,17). The van der Waals surface area contributed by atoms with Crippen LogP contribution in [0.1, 0.15) is 16.3 Å². The van der Waals surface area contributed by atoms with Gasteiger partial charge in [0.1, 0.15) is 12.4 Å². The smallest absolute Gasteiger partial charge is 0.411 e. The van der Waals surface area contributed by atoms with E-state index in [1.54, 1.807) is 0 Å².